The van der Waals surface area contributed by atoms with Crippen LogP contribution in [-0.4, -0.2) is 19.1 Å². The average molecular weight is 416 g/mol. The third-order valence-electron chi connectivity index (χ3n) is 4.47. The van der Waals surface area contributed by atoms with Crippen molar-refractivity contribution in [1.29, 1.82) is 0 Å². The molecule has 0 spiro atoms. The van der Waals surface area contributed by atoms with Crippen LogP contribution in [0.4, 0.5) is 11.4 Å². The van der Waals surface area contributed by atoms with Gasteiger partial charge in [-0.25, -0.2) is 13.6 Å². The first-order chi connectivity index (χ1) is 13.6. The third kappa shape index (κ3) is 4.13. The summed E-state index contributed by atoms with van der Waals surface area (Å²) in [6, 6.07) is 9.21. The van der Waals surface area contributed by atoms with Crippen LogP contribution >= 0.6 is 0 Å². The number of furan rings is 1. The minimum absolute atomic E-state index is 0.0340. The van der Waals surface area contributed by atoms with Crippen molar-refractivity contribution in [3.63, 3.8) is 0 Å². The second-order valence-electron chi connectivity index (χ2n) is 6.55. The van der Waals surface area contributed by atoms with E-state index in [0.717, 1.165) is 34.6 Å². The lowest BCUT2D eigenvalue weighted by atomic mass is 10.0. The Balaban J connectivity index is 2.00. The van der Waals surface area contributed by atoms with Gasteiger partial charge in [0, 0.05) is 17.0 Å². The largest absolute Gasteiger partial charge is 0.454 e. The molecule has 3 aromatic rings. The highest BCUT2D eigenvalue weighted by Gasteiger charge is 2.20. The Morgan fingerprint density at radius 2 is 2.00 bits per heavy atom. The van der Waals surface area contributed by atoms with Crippen molar-refractivity contribution in [3.8, 4) is 0 Å². The number of nitro groups is 1. The molecule has 0 aliphatic rings. The number of nitrogens with zero attached hydrogens (tertiary/aromatic N) is 2. The van der Waals surface area contributed by atoms with Crippen LogP contribution in [0.1, 0.15) is 30.7 Å². The lowest BCUT2D eigenvalue weighted by Gasteiger charge is -2.06. The van der Waals surface area contributed by atoms with E-state index in [1.807, 2.05) is 32.0 Å². The van der Waals surface area contributed by atoms with Crippen molar-refractivity contribution >= 4 is 38.1 Å². The number of aryl methyl sites for hydroxylation is 2. The van der Waals surface area contributed by atoms with E-state index in [1.165, 1.54) is 12.1 Å². The van der Waals surface area contributed by atoms with E-state index in [-0.39, 0.29) is 10.6 Å². The Bertz CT molecular complexity index is 1240. The fourth-order valence-corrected chi connectivity index (χ4v) is 3.57. The van der Waals surface area contributed by atoms with E-state index < -0.39 is 20.6 Å². The standard InChI is InChI=1S/C19H20N4O5S/c1-4-14-15-9-11(2)5-8-18(15)28-19(14)12(3)21-22-16-7-6-13(29(20,26)27)10-17(16)23(24)25/h5-10,22H,4H2,1-3H3,(H2,20,26,27)/b21-12-. The lowest BCUT2D eigenvalue weighted by molar-refractivity contribution is -0.384. The second kappa shape index (κ2) is 7.64. The van der Waals surface area contributed by atoms with Crippen LogP contribution in [0.5, 0.6) is 0 Å². The number of hydrazone groups is 1. The molecule has 29 heavy (non-hydrogen) atoms. The third-order valence-corrected chi connectivity index (χ3v) is 5.38. The highest BCUT2D eigenvalue weighted by Crippen LogP contribution is 2.29. The van der Waals surface area contributed by atoms with Gasteiger partial charge in [-0.3, -0.25) is 15.5 Å². The molecule has 10 heteroatoms. The summed E-state index contributed by atoms with van der Waals surface area (Å²) in [6.07, 6.45) is 0.724. The van der Waals surface area contributed by atoms with Crippen LogP contribution in [0.3, 0.4) is 0 Å². The summed E-state index contributed by atoms with van der Waals surface area (Å²) < 4.78 is 28.8. The van der Waals surface area contributed by atoms with Gasteiger partial charge in [0.15, 0.2) is 5.76 Å². The zero-order chi connectivity index (χ0) is 21.3. The molecule has 0 amide bonds. The van der Waals surface area contributed by atoms with Crippen molar-refractivity contribution in [2.24, 2.45) is 10.2 Å². The summed E-state index contributed by atoms with van der Waals surface area (Å²) in [5, 5.41) is 21.6. The second-order valence-corrected chi connectivity index (χ2v) is 8.11. The van der Waals surface area contributed by atoms with Crippen LogP contribution in [0.15, 0.2) is 50.8 Å². The number of anilines is 1. The molecule has 0 fully saturated rings. The van der Waals surface area contributed by atoms with Crippen molar-refractivity contribution < 1.29 is 17.8 Å². The Morgan fingerprint density at radius 1 is 1.28 bits per heavy atom. The fourth-order valence-electron chi connectivity index (χ4n) is 3.03. The molecule has 0 saturated heterocycles. The number of nitrogens with one attached hydrogen (secondary N) is 1. The van der Waals surface area contributed by atoms with Crippen LogP contribution in [0.2, 0.25) is 0 Å². The summed E-state index contributed by atoms with van der Waals surface area (Å²) >= 11 is 0. The minimum atomic E-state index is -4.06. The summed E-state index contributed by atoms with van der Waals surface area (Å²) in [4.78, 5) is 10.3. The summed E-state index contributed by atoms with van der Waals surface area (Å²) in [5.74, 6) is 0.587. The van der Waals surface area contributed by atoms with Crippen molar-refractivity contribution in [3.05, 3.63) is 63.4 Å². The van der Waals surface area contributed by atoms with Gasteiger partial charge in [-0.1, -0.05) is 18.6 Å². The molecule has 0 radical (unpaired) electrons. The maximum Gasteiger partial charge on any atom is 0.295 e. The Labute approximate surface area is 167 Å². The SMILES string of the molecule is CCc1c(/C(C)=N\Nc2ccc(S(N)(=O)=O)cc2[N+](=O)[O-])oc2ccc(C)cc12. The van der Waals surface area contributed by atoms with Crippen LogP contribution in [-0.2, 0) is 16.4 Å². The van der Waals surface area contributed by atoms with Gasteiger partial charge in [-0.15, -0.1) is 0 Å². The summed E-state index contributed by atoms with van der Waals surface area (Å²) in [5.41, 5.74) is 5.55. The van der Waals surface area contributed by atoms with Crippen LogP contribution in [0, 0.1) is 17.0 Å². The zero-order valence-corrected chi connectivity index (χ0v) is 16.9. The van der Waals surface area contributed by atoms with Gasteiger partial charge in [0.1, 0.15) is 17.0 Å². The van der Waals surface area contributed by atoms with Gasteiger partial charge in [0.2, 0.25) is 10.0 Å². The molecular weight excluding hydrogens is 396 g/mol. The number of primary sulfonamides is 1. The molecule has 1 heterocycles. The van der Waals surface area contributed by atoms with Gasteiger partial charge in [0.05, 0.1) is 9.82 Å². The van der Waals surface area contributed by atoms with E-state index in [0.29, 0.717) is 11.5 Å². The summed E-state index contributed by atoms with van der Waals surface area (Å²) in [7, 11) is -4.06. The predicted molar refractivity (Wildman–Crippen MR) is 111 cm³/mol. The van der Waals surface area contributed by atoms with E-state index >= 15 is 0 Å². The molecule has 3 N–H and O–H groups in total. The number of fused-ring (bicyclic) bond motifs is 1. The molecule has 152 valence electrons. The zero-order valence-electron chi connectivity index (χ0n) is 16.1. The first-order valence-electron chi connectivity index (χ1n) is 8.75. The fraction of sp³-hybridized carbons (Fsp3) is 0.211. The van der Waals surface area contributed by atoms with Gasteiger partial charge in [0.25, 0.3) is 5.69 Å². The number of hydrogen-bond donors (Lipinski definition) is 2. The van der Waals surface area contributed by atoms with E-state index in [1.54, 1.807) is 6.92 Å². The molecule has 0 atom stereocenters. The van der Waals surface area contributed by atoms with Crippen LogP contribution in [0.25, 0.3) is 11.0 Å². The normalized spacial score (nSPS) is 12.3. The first kappa shape index (κ1) is 20.5. The molecule has 0 saturated carbocycles. The van der Waals surface area contributed by atoms with Crippen molar-refractivity contribution in [2.45, 2.75) is 32.1 Å². The average Bonchev–Trinajstić information content (AvgIpc) is 3.02. The summed E-state index contributed by atoms with van der Waals surface area (Å²) in [6.45, 7) is 5.73. The van der Waals surface area contributed by atoms with Crippen LogP contribution < -0.4 is 10.6 Å². The van der Waals surface area contributed by atoms with Crippen molar-refractivity contribution in [2.75, 3.05) is 5.43 Å². The number of rotatable bonds is 6. The monoisotopic (exact) mass is 416 g/mol. The van der Waals surface area contributed by atoms with Gasteiger partial charge >= 0.3 is 0 Å². The van der Waals surface area contributed by atoms with E-state index in [4.69, 9.17) is 9.56 Å². The minimum Gasteiger partial charge on any atom is -0.454 e. The van der Waals surface area contributed by atoms with Crippen molar-refractivity contribution in [1.82, 2.24) is 0 Å². The molecule has 0 bridgehead atoms. The van der Waals surface area contributed by atoms with E-state index in [9.17, 15) is 18.5 Å². The Hall–Kier alpha value is -3.24. The van der Waals surface area contributed by atoms with Gasteiger partial charge < -0.3 is 4.42 Å². The quantitative estimate of drug-likeness (QED) is 0.357. The molecule has 2 aromatic carbocycles. The molecular formula is C19H20N4O5S. The van der Waals surface area contributed by atoms with Gasteiger partial charge in [-0.05, 0) is 44.5 Å². The lowest BCUT2D eigenvalue weighted by Crippen LogP contribution is -2.12. The number of sulfonamides is 1. The molecule has 3 rings (SSSR count). The highest BCUT2D eigenvalue weighted by atomic mass is 32.2. The molecule has 0 aliphatic carbocycles. The molecule has 0 unspecified atom stereocenters. The number of benzene rings is 2. The molecule has 9 nitrogen and oxygen atoms in total. The number of nitro benzene ring substituents is 1. The Morgan fingerprint density at radius 3 is 2.62 bits per heavy atom. The predicted octanol–water partition coefficient (Wildman–Crippen LogP) is 3.70. The number of hydrogen-bond acceptors (Lipinski definition) is 7. The maximum atomic E-state index is 11.4. The van der Waals surface area contributed by atoms with E-state index in [2.05, 4.69) is 10.5 Å². The smallest absolute Gasteiger partial charge is 0.295 e. The molecule has 1 aromatic heterocycles. The maximum absolute atomic E-state index is 11.4. The topological polar surface area (TPSA) is 141 Å². The van der Waals surface area contributed by atoms with Gasteiger partial charge in [-0.2, -0.15) is 5.10 Å². The number of nitrogens with two attached hydrogens (primary N) is 1. The Kier molecular flexibility index (Phi) is 5.40. The first-order valence-corrected chi connectivity index (χ1v) is 10.3. The highest BCUT2D eigenvalue weighted by molar-refractivity contribution is 7.89. The molecule has 0 aliphatic heterocycles.